The number of anilines is 1. The van der Waals surface area contributed by atoms with E-state index in [1.54, 1.807) is 48.6 Å². The zero-order chi connectivity index (χ0) is 25.3. The highest BCUT2D eigenvalue weighted by Gasteiger charge is 2.15. The lowest BCUT2D eigenvalue weighted by Crippen LogP contribution is -2.13. The third kappa shape index (κ3) is 8.24. The molecule has 0 aliphatic rings. The number of hydrogen-bond donors (Lipinski definition) is 3. The van der Waals surface area contributed by atoms with E-state index in [9.17, 15) is 22.7 Å². The molecule has 35 heavy (non-hydrogen) atoms. The maximum absolute atomic E-state index is 13.4. The number of rotatable bonds is 12. The van der Waals surface area contributed by atoms with Crippen LogP contribution in [-0.4, -0.2) is 37.3 Å². The second-order valence-corrected chi connectivity index (χ2v) is 9.44. The summed E-state index contributed by atoms with van der Waals surface area (Å²) in [7, 11) is -3.95. The fraction of sp³-hybridized carbons (Fsp3) is 0.192. The number of carbonyl (C=O) groups is 1. The summed E-state index contributed by atoms with van der Waals surface area (Å²) in [5.74, 6) is -0.944. The summed E-state index contributed by atoms with van der Waals surface area (Å²) >= 11 is 0. The molecular formula is C26H26FNO6S. The van der Waals surface area contributed by atoms with Crippen LogP contribution in [0.4, 0.5) is 10.1 Å². The molecule has 3 N–H and O–H groups in total. The van der Waals surface area contributed by atoms with Crippen molar-refractivity contribution in [1.29, 1.82) is 0 Å². The predicted molar refractivity (Wildman–Crippen MR) is 131 cm³/mol. The molecule has 0 heterocycles. The van der Waals surface area contributed by atoms with Crippen LogP contribution in [0.15, 0.2) is 83.8 Å². The van der Waals surface area contributed by atoms with Crippen LogP contribution in [0.2, 0.25) is 0 Å². The van der Waals surface area contributed by atoms with Gasteiger partial charge in [-0.3, -0.25) is 9.52 Å². The molecule has 1 unspecified atom stereocenters. The van der Waals surface area contributed by atoms with Gasteiger partial charge in [0.2, 0.25) is 0 Å². The average molecular weight is 500 g/mol. The van der Waals surface area contributed by atoms with E-state index in [0.717, 1.165) is 11.6 Å². The van der Waals surface area contributed by atoms with Crippen LogP contribution in [0.1, 0.15) is 24.0 Å². The molecule has 1 atom stereocenters. The highest BCUT2D eigenvalue weighted by Crippen LogP contribution is 2.21. The summed E-state index contributed by atoms with van der Waals surface area (Å²) < 4.78 is 46.5. The second-order valence-electron chi connectivity index (χ2n) is 7.75. The van der Waals surface area contributed by atoms with Crippen molar-refractivity contribution in [2.75, 3.05) is 11.3 Å². The van der Waals surface area contributed by atoms with Crippen LogP contribution in [-0.2, 0) is 21.2 Å². The first-order chi connectivity index (χ1) is 16.7. The van der Waals surface area contributed by atoms with Gasteiger partial charge in [-0.15, -0.1) is 0 Å². The molecule has 0 bridgehead atoms. The Kier molecular flexibility index (Phi) is 8.99. The van der Waals surface area contributed by atoms with Crippen LogP contribution in [0.3, 0.4) is 0 Å². The highest BCUT2D eigenvalue weighted by atomic mass is 32.2. The SMILES string of the molecule is O=C(O)CCc1ccccc1OCCC(O)/C=C/c1cccc(NS(=O)(=O)c2cccc(F)c2)c1. The fourth-order valence-corrected chi connectivity index (χ4v) is 4.34. The molecule has 0 aliphatic heterocycles. The van der Waals surface area contributed by atoms with E-state index in [4.69, 9.17) is 9.84 Å². The van der Waals surface area contributed by atoms with Crippen molar-refractivity contribution < 1.29 is 32.6 Å². The largest absolute Gasteiger partial charge is 0.493 e. The molecule has 184 valence electrons. The Morgan fingerprint density at radius 3 is 2.60 bits per heavy atom. The minimum absolute atomic E-state index is 0.00317. The van der Waals surface area contributed by atoms with E-state index >= 15 is 0 Å². The molecule has 9 heteroatoms. The number of aliphatic carboxylic acids is 1. The number of aliphatic hydroxyl groups is 1. The molecular weight excluding hydrogens is 473 g/mol. The third-order valence-electron chi connectivity index (χ3n) is 5.01. The highest BCUT2D eigenvalue weighted by molar-refractivity contribution is 7.92. The Labute approximate surface area is 203 Å². The van der Waals surface area contributed by atoms with Gasteiger partial charge in [0.15, 0.2) is 0 Å². The Morgan fingerprint density at radius 1 is 1.06 bits per heavy atom. The first-order valence-corrected chi connectivity index (χ1v) is 12.4. The van der Waals surface area contributed by atoms with Crippen molar-refractivity contribution in [3.8, 4) is 5.75 Å². The quantitative estimate of drug-likeness (QED) is 0.339. The summed E-state index contributed by atoms with van der Waals surface area (Å²) in [4.78, 5) is 10.6. The van der Waals surface area contributed by atoms with E-state index in [0.29, 0.717) is 29.8 Å². The molecule has 0 aromatic heterocycles. The van der Waals surface area contributed by atoms with Crippen LogP contribution < -0.4 is 9.46 Å². The zero-order valence-electron chi connectivity index (χ0n) is 18.8. The maximum Gasteiger partial charge on any atom is 0.303 e. The monoisotopic (exact) mass is 499 g/mol. The lowest BCUT2D eigenvalue weighted by molar-refractivity contribution is -0.136. The molecule has 0 fully saturated rings. The van der Waals surface area contributed by atoms with Crippen molar-refractivity contribution in [2.24, 2.45) is 0 Å². The molecule has 0 spiro atoms. The van der Waals surface area contributed by atoms with Crippen LogP contribution >= 0.6 is 0 Å². The molecule has 0 radical (unpaired) electrons. The van der Waals surface area contributed by atoms with E-state index in [1.807, 2.05) is 12.1 Å². The number of carboxylic acids is 1. The maximum atomic E-state index is 13.4. The summed E-state index contributed by atoms with van der Waals surface area (Å²) in [5.41, 5.74) is 1.74. The van der Waals surface area contributed by atoms with Crippen molar-refractivity contribution in [1.82, 2.24) is 0 Å². The van der Waals surface area contributed by atoms with Gasteiger partial charge >= 0.3 is 5.97 Å². The fourth-order valence-electron chi connectivity index (χ4n) is 3.25. The van der Waals surface area contributed by atoms with Crippen molar-refractivity contribution in [3.05, 3.63) is 95.8 Å². The number of aliphatic hydroxyl groups excluding tert-OH is 1. The second kappa shape index (κ2) is 12.1. The Morgan fingerprint density at radius 2 is 1.83 bits per heavy atom. The number of carboxylic acid groups (broad SMARTS) is 1. The zero-order valence-corrected chi connectivity index (χ0v) is 19.6. The van der Waals surface area contributed by atoms with E-state index in [1.165, 1.54) is 18.2 Å². The summed E-state index contributed by atoms with van der Waals surface area (Å²) in [6.45, 7) is 0.225. The Hall–Kier alpha value is -3.69. The molecule has 0 saturated carbocycles. The van der Waals surface area contributed by atoms with E-state index < -0.39 is 27.9 Å². The minimum Gasteiger partial charge on any atom is -0.493 e. The number of hydrogen-bond acceptors (Lipinski definition) is 5. The standard InChI is InChI=1S/C26H26FNO6S/c27-21-7-4-9-24(18-21)35(32,33)28-22-8-3-5-19(17-22)11-13-23(29)15-16-34-25-10-2-1-6-20(25)12-14-26(30)31/h1-11,13,17-18,23,28-29H,12,14-16H2,(H,30,31)/b13-11+. The summed E-state index contributed by atoms with van der Waals surface area (Å²) in [6, 6.07) is 18.5. The number of ether oxygens (including phenoxy) is 1. The number of halogens is 1. The number of nitrogens with one attached hydrogen (secondary N) is 1. The molecule has 0 amide bonds. The van der Waals surface area contributed by atoms with Crippen molar-refractivity contribution in [2.45, 2.75) is 30.3 Å². The molecule has 0 saturated heterocycles. The first-order valence-electron chi connectivity index (χ1n) is 10.9. The van der Waals surface area contributed by atoms with Crippen LogP contribution in [0, 0.1) is 5.82 Å². The van der Waals surface area contributed by atoms with Gasteiger partial charge < -0.3 is 14.9 Å². The average Bonchev–Trinajstić information content (AvgIpc) is 2.82. The number of benzene rings is 3. The smallest absolute Gasteiger partial charge is 0.303 e. The topological polar surface area (TPSA) is 113 Å². The predicted octanol–water partition coefficient (Wildman–Crippen LogP) is 4.49. The number of para-hydroxylation sites is 1. The van der Waals surface area contributed by atoms with Gasteiger partial charge in [-0.25, -0.2) is 12.8 Å². The van der Waals surface area contributed by atoms with Crippen molar-refractivity contribution in [3.63, 3.8) is 0 Å². The first kappa shape index (κ1) is 25.9. The van der Waals surface area contributed by atoms with Gasteiger partial charge in [-0.1, -0.05) is 48.6 Å². The third-order valence-corrected chi connectivity index (χ3v) is 6.39. The lowest BCUT2D eigenvalue weighted by atomic mass is 10.1. The van der Waals surface area contributed by atoms with E-state index in [-0.39, 0.29) is 17.9 Å². The Balaban J connectivity index is 1.55. The van der Waals surface area contributed by atoms with Gasteiger partial charge in [-0.05, 0) is 53.9 Å². The molecule has 3 aromatic carbocycles. The molecule has 3 rings (SSSR count). The molecule has 7 nitrogen and oxygen atoms in total. The van der Waals surface area contributed by atoms with E-state index in [2.05, 4.69) is 4.72 Å². The van der Waals surface area contributed by atoms with Gasteiger partial charge in [-0.2, -0.15) is 0 Å². The van der Waals surface area contributed by atoms with Gasteiger partial charge in [0.1, 0.15) is 11.6 Å². The minimum atomic E-state index is -3.95. The van der Waals surface area contributed by atoms with Gasteiger partial charge in [0, 0.05) is 18.5 Å². The Bertz CT molecular complexity index is 1290. The van der Waals surface area contributed by atoms with Gasteiger partial charge in [0.05, 0.1) is 17.6 Å². The van der Waals surface area contributed by atoms with Crippen LogP contribution in [0.25, 0.3) is 6.08 Å². The molecule has 3 aromatic rings. The lowest BCUT2D eigenvalue weighted by Gasteiger charge is -2.12. The normalized spacial score (nSPS) is 12.4. The summed E-state index contributed by atoms with van der Waals surface area (Å²) in [6.07, 6.45) is 3.08. The van der Waals surface area contributed by atoms with Crippen molar-refractivity contribution >= 4 is 27.8 Å². The summed E-state index contributed by atoms with van der Waals surface area (Å²) in [5, 5.41) is 19.1. The number of sulfonamides is 1. The van der Waals surface area contributed by atoms with Gasteiger partial charge in [0.25, 0.3) is 10.0 Å². The number of aryl methyl sites for hydroxylation is 1. The molecule has 0 aliphatic carbocycles. The van der Waals surface area contributed by atoms with Crippen LogP contribution in [0.5, 0.6) is 5.75 Å².